The maximum Gasteiger partial charge on any atom is 0.137 e. The highest BCUT2D eigenvalue weighted by molar-refractivity contribution is 6.22. The third-order valence-electron chi connectivity index (χ3n) is 6.09. The fourth-order valence-electron chi connectivity index (χ4n) is 5.15. The standard InChI is InChI=1S/C22H16N2O/c1-3-7-17-13(5-1)15-9-10-16-14-6-2-4-8-18(14)24-20-12-11-19(25-20)23(17)21(15)22(16)24/h1-10,19-20H,11-12H2/t19-,20?/m0/s1. The van der Waals surface area contributed by atoms with Crippen LogP contribution in [0.3, 0.4) is 0 Å². The van der Waals surface area contributed by atoms with E-state index in [-0.39, 0.29) is 12.5 Å². The molecule has 0 radical (unpaired) electrons. The SMILES string of the molecule is c1ccc2c(c1)c1ccc3c4ccccc4n4c3c1n2C1CC[C@@H]4O1. The van der Waals surface area contributed by atoms with Gasteiger partial charge in [-0.1, -0.05) is 48.5 Å². The summed E-state index contributed by atoms with van der Waals surface area (Å²) in [4.78, 5) is 0. The fourth-order valence-corrected chi connectivity index (χ4v) is 5.15. The van der Waals surface area contributed by atoms with Crippen LogP contribution in [0.15, 0.2) is 60.7 Å². The summed E-state index contributed by atoms with van der Waals surface area (Å²) in [7, 11) is 0. The Labute approximate surface area is 144 Å². The first-order valence-electron chi connectivity index (χ1n) is 9.01. The Balaban J connectivity index is 1.88. The number of ether oxygens (including phenoxy) is 1. The van der Waals surface area contributed by atoms with Crippen molar-refractivity contribution >= 4 is 43.6 Å². The van der Waals surface area contributed by atoms with E-state index < -0.39 is 0 Å². The second-order valence-electron chi connectivity index (χ2n) is 7.25. The molecule has 0 saturated carbocycles. The molecule has 1 saturated heterocycles. The van der Waals surface area contributed by atoms with E-state index in [1.54, 1.807) is 0 Å². The van der Waals surface area contributed by atoms with Crippen LogP contribution in [-0.2, 0) is 4.74 Å². The molecule has 2 aliphatic rings. The van der Waals surface area contributed by atoms with Gasteiger partial charge in [-0.2, -0.15) is 0 Å². The average molecular weight is 324 g/mol. The number of rotatable bonds is 0. The van der Waals surface area contributed by atoms with Crippen molar-refractivity contribution in [3.8, 4) is 0 Å². The Bertz CT molecular complexity index is 1240. The highest BCUT2D eigenvalue weighted by atomic mass is 16.5. The van der Waals surface area contributed by atoms with Crippen molar-refractivity contribution in [2.75, 3.05) is 0 Å². The van der Waals surface area contributed by atoms with Crippen molar-refractivity contribution in [2.24, 2.45) is 0 Å². The number of hydrogen-bond acceptors (Lipinski definition) is 1. The van der Waals surface area contributed by atoms with E-state index in [4.69, 9.17) is 4.74 Å². The Morgan fingerprint density at radius 2 is 1.08 bits per heavy atom. The molecular weight excluding hydrogens is 308 g/mol. The first kappa shape index (κ1) is 12.6. The van der Waals surface area contributed by atoms with E-state index in [0.29, 0.717) is 0 Å². The molecule has 0 aliphatic carbocycles. The quantitative estimate of drug-likeness (QED) is 0.356. The summed E-state index contributed by atoms with van der Waals surface area (Å²) in [5, 5.41) is 5.32. The van der Waals surface area contributed by atoms with Gasteiger partial charge >= 0.3 is 0 Å². The highest BCUT2D eigenvalue weighted by Crippen LogP contribution is 2.49. The Hall–Kier alpha value is -2.78. The van der Waals surface area contributed by atoms with Gasteiger partial charge in [0.2, 0.25) is 0 Å². The molecule has 0 spiro atoms. The normalized spacial score (nSPS) is 21.9. The summed E-state index contributed by atoms with van der Waals surface area (Å²) in [6.07, 6.45) is 2.41. The minimum Gasteiger partial charge on any atom is -0.335 e. The van der Waals surface area contributed by atoms with Crippen LogP contribution in [0.25, 0.3) is 43.6 Å². The van der Waals surface area contributed by atoms with Crippen LogP contribution in [0.2, 0.25) is 0 Å². The summed E-state index contributed by atoms with van der Waals surface area (Å²) >= 11 is 0. The molecule has 0 amide bonds. The lowest BCUT2D eigenvalue weighted by molar-refractivity contribution is -0.0229. The number of hydrogen-bond donors (Lipinski definition) is 0. The molecule has 5 aromatic rings. The second kappa shape index (κ2) is 4.06. The lowest BCUT2D eigenvalue weighted by Gasteiger charge is -2.15. The molecule has 2 aromatic heterocycles. The minimum atomic E-state index is 0.136. The molecule has 3 aromatic carbocycles. The summed E-state index contributed by atoms with van der Waals surface area (Å²) in [5.74, 6) is 0. The van der Waals surface area contributed by atoms with Crippen LogP contribution in [-0.4, -0.2) is 9.13 Å². The molecule has 7 rings (SSSR count). The molecular formula is C22H16N2O. The maximum absolute atomic E-state index is 6.54. The van der Waals surface area contributed by atoms with Gasteiger partial charge in [0.25, 0.3) is 0 Å². The van der Waals surface area contributed by atoms with Crippen LogP contribution in [0, 0.1) is 0 Å². The summed E-state index contributed by atoms with van der Waals surface area (Å²) < 4.78 is 11.5. The van der Waals surface area contributed by atoms with E-state index >= 15 is 0 Å². The smallest absolute Gasteiger partial charge is 0.137 e. The zero-order valence-electron chi connectivity index (χ0n) is 13.6. The number of fused-ring (bicyclic) bond motifs is 10. The molecule has 0 N–H and O–H groups in total. The van der Waals surface area contributed by atoms with E-state index in [2.05, 4.69) is 69.8 Å². The largest absolute Gasteiger partial charge is 0.335 e. The summed E-state index contributed by atoms with van der Waals surface area (Å²) in [6.45, 7) is 0. The third-order valence-corrected chi connectivity index (χ3v) is 6.09. The minimum absolute atomic E-state index is 0.136. The average Bonchev–Trinajstić information content (AvgIpc) is 3.29. The van der Waals surface area contributed by atoms with Crippen molar-refractivity contribution in [1.29, 1.82) is 0 Å². The van der Waals surface area contributed by atoms with Gasteiger partial charge in [0.05, 0.1) is 22.1 Å². The van der Waals surface area contributed by atoms with Gasteiger partial charge in [-0.05, 0) is 25.0 Å². The van der Waals surface area contributed by atoms with Crippen LogP contribution < -0.4 is 0 Å². The molecule has 25 heavy (non-hydrogen) atoms. The second-order valence-corrected chi connectivity index (χ2v) is 7.25. The van der Waals surface area contributed by atoms with Crippen LogP contribution in [0.5, 0.6) is 0 Å². The molecule has 3 nitrogen and oxygen atoms in total. The maximum atomic E-state index is 6.54. The molecule has 120 valence electrons. The van der Waals surface area contributed by atoms with Crippen molar-refractivity contribution in [2.45, 2.75) is 25.3 Å². The topological polar surface area (TPSA) is 19.1 Å². The molecule has 2 aliphatic heterocycles. The zero-order valence-corrected chi connectivity index (χ0v) is 13.6. The van der Waals surface area contributed by atoms with Gasteiger partial charge in [-0.25, -0.2) is 0 Å². The van der Waals surface area contributed by atoms with Crippen molar-refractivity contribution < 1.29 is 4.74 Å². The lowest BCUT2D eigenvalue weighted by Crippen LogP contribution is -2.07. The summed E-state index contributed by atoms with van der Waals surface area (Å²) in [6, 6.07) is 22.1. The third kappa shape index (κ3) is 1.31. The van der Waals surface area contributed by atoms with Crippen molar-refractivity contribution in [3.63, 3.8) is 0 Å². The predicted octanol–water partition coefficient (Wildman–Crippen LogP) is 5.72. The Kier molecular flexibility index (Phi) is 2.04. The first-order valence-corrected chi connectivity index (χ1v) is 9.01. The molecule has 2 atom stereocenters. The molecule has 4 heterocycles. The monoisotopic (exact) mass is 324 g/mol. The van der Waals surface area contributed by atoms with Crippen molar-refractivity contribution in [1.82, 2.24) is 9.13 Å². The van der Waals surface area contributed by atoms with Gasteiger partial charge in [0.15, 0.2) is 0 Å². The molecule has 2 bridgehead atoms. The van der Waals surface area contributed by atoms with Crippen LogP contribution in [0.4, 0.5) is 0 Å². The van der Waals surface area contributed by atoms with E-state index in [1.165, 1.54) is 43.6 Å². The zero-order chi connectivity index (χ0) is 16.1. The van der Waals surface area contributed by atoms with Gasteiger partial charge in [0.1, 0.15) is 12.5 Å². The van der Waals surface area contributed by atoms with Gasteiger partial charge in [-0.3, -0.25) is 0 Å². The Morgan fingerprint density at radius 1 is 0.600 bits per heavy atom. The van der Waals surface area contributed by atoms with E-state index in [0.717, 1.165) is 12.8 Å². The van der Waals surface area contributed by atoms with Gasteiger partial charge in [-0.15, -0.1) is 0 Å². The van der Waals surface area contributed by atoms with Gasteiger partial charge in [0, 0.05) is 21.5 Å². The predicted molar refractivity (Wildman–Crippen MR) is 101 cm³/mol. The van der Waals surface area contributed by atoms with Crippen LogP contribution in [0.1, 0.15) is 25.3 Å². The first-order chi connectivity index (χ1) is 12.4. The van der Waals surface area contributed by atoms with Crippen LogP contribution >= 0.6 is 0 Å². The van der Waals surface area contributed by atoms with Crippen molar-refractivity contribution in [3.05, 3.63) is 60.7 Å². The highest BCUT2D eigenvalue weighted by Gasteiger charge is 2.36. The Morgan fingerprint density at radius 3 is 1.60 bits per heavy atom. The molecule has 1 fully saturated rings. The number of benzene rings is 3. The lowest BCUT2D eigenvalue weighted by atomic mass is 10.1. The molecule has 3 heteroatoms. The number of aromatic nitrogens is 2. The summed E-state index contributed by atoms with van der Waals surface area (Å²) in [5.41, 5.74) is 5.24. The number of para-hydroxylation sites is 2. The van der Waals surface area contributed by atoms with E-state index in [9.17, 15) is 0 Å². The fraction of sp³-hybridized carbons (Fsp3) is 0.182. The van der Waals surface area contributed by atoms with E-state index in [1.807, 2.05) is 0 Å². The number of nitrogens with zero attached hydrogens (tertiary/aromatic N) is 2. The molecule has 1 unspecified atom stereocenters. The van der Waals surface area contributed by atoms with Gasteiger partial charge < -0.3 is 13.9 Å².